The van der Waals surface area contributed by atoms with Crippen molar-refractivity contribution in [2.24, 2.45) is 0 Å². The summed E-state index contributed by atoms with van der Waals surface area (Å²) >= 11 is 0. The molecular weight excluding hydrogens is 228 g/mol. The van der Waals surface area contributed by atoms with Gasteiger partial charge in [-0.3, -0.25) is 9.36 Å². The highest BCUT2D eigenvalue weighted by Gasteiger charge is 2.21. The largest absolute Gasteiger partial charge is 0.493 e. The van der Waals surface area contributed by atoms with Crippen LogP contribution in [0.4, 0.5) is 0 Å². The van der Waals surface area contributed by atoms with Crippen LogP contribution in [0.3, 0.4) is 0 Å². The van der Waals surface area contributed by atoms with Gasteiger partial charge in [0.05, 0.1) is 0 Å². The summed E-state index contributed by atoms with van der Waals surface area (Å²) in [5.74, 6) is -0.258. The zero-order valence-electron chi connectivity index (χ0n) is 10.3. The van der Waals surface area contributed by atoms with Crippen molar-refractivity contribution >= 4 is 13.2 Å². The molecule has 1 N–H and O–H groups in total. The number of aromatic nitrogens is 1. The number of hydrogen-bond donors (Lipinski definition) is 1. The molecule has 1 aliphatic carbocycles. The molecule has 0 aromatic carbocycles. The van der Waals surface area contributed by atoms with E-state index in [1.165, 1.54) is 4.57 Å². The standard InChI is InChI=1S/C14H16N2O2/c1-9-10(2)13(17)16(14(18)12(9)8-15)11-6-4-3-5-7-11/h11,18H,1-7H2. The molecule has 0 aliphatic heterocycles. The molecule has 0 amide bonds. The van der Waals surface area contributed by atoms with Crippen LogP contribution in [0.1, 0.15) is 43.7 Å². The van der Waals surface area contributed by atoms with Gasteiger partial charge < -0.3 is 5.11 Å². The van der Waals surface area contributed by atoms with Gasteiger partial charge in [-0.2, -0.15) is 5.26 Å². The molecule has 1 fully saturated rings. The summed E-state index contributed by atoms with van der Waals surface area (Å²) in [7, 11) is 0. The van der Waals surface area contributed by atoms with Crippen LogP contribution in [-0.2, 0) is 0 Å². The van der Waals surface area contributed by atoms with Crippen molar-refractivity contribution < 1.29 is 5.11 Å². The smallest absolute Gasteiger partial charge is 0.260 e. The predicted octanol–water partition coefficient (Wildman–Crippen LogP) is 0.751. The fourth-order valence-electron chi connectivity index (χ4n) is 2.57. The average Bonchev–Trinajstić information content (AvgIpc) is 2.38. The molecule has 1 saturated carbocycles. The lowest BCUT2D eigenvalue weighted by atomic mass is 9.95. The number of nitrogens with zero attached hydrogens (tertiary/aromatic N) is 2. The van der Waals surface area contributed by atoms with E-state index >= 15 is 0 Å². The van der Waals surface area contributed by atoms with E-state index in [2.05, 4.69) is 13.2 Å². The maximum atomic E-state index is 12.2. The molecule has 4 nitrogen and oxygen atoms in total. The average molecular weight is 244 g/mol. The van der Waals surface area contributed by atoms with Crippen molar-refractivity contribution in [1.29, 1.82) is 5.26 Å². The van der Waals surface area contributed by atoms with Gasteiger partial charge in [-0.1, -0.05) is 32.4 Å². The van der Waals surface area contributed by atoms with E-state index in [1.807, 2.05) is 6.07 Å². The van der Waals surface area contributed by atoms with E-state index in [-0.39, 0.29) is 33.5 Å². The Morgan fingerprint density at radius 3 is 2.39 bits per heavy atom. The Kier molecular flexibility index (Phi) is 3.24. The molecule has 94 valence electrons. The summed E-state index contributed by atoms with van der Waals surface area (Å²) in [5.41, 5.74) is -0.270. The highest BCUT2D eigenvalue weighted by atomic mass is 16.3. The molecule has 1 aromatic heterocycles. The van der Waals surface area contributed by atoms with Crippen LogP contribution < -0.4 is 16.0 Å². The lowest BCUT2D eigenvalue weighted by Gasteiger charge is -2.25. The third-order valence-electron chi connectivity index (χ3n) is 3.65. The van der Waals surface area contributed by atoms with Gasteiger partial charge in [-0.15, -0.1) is 0 Å². The monoisotopic (exact) mass is 244 g/mol. The van der Waals surface area contributed by atoms with Gasteiger partial charge in [0, 0.05) is 16.5 Å². The summed E-state index contributed by atoms with van der Waals surface area (Å²) in [6, 6.07) is 1.87. The maximum Gasteiger partial charge on any atom is 0.260 e. The minimum atomic E-state index is -0.330. The summed E-state index contributed by atoms with van der Waals surface area (Å²) < 4.78 is 1.33. The van der Waals surface area contributed by atoms with Gasteiger partial charge >= 0.3 is 0 Å². The molecule has 1 heterocycles. The fourth-order valence-corrected chi connectivity index (χ4v) is 2.57. The van der Waals surface area contributed by atoms with Crippen molar-refractivity contribution in [2.75, 3.05) is 0 Å². The molecular formula is C14H16N2O2. The highest BCUT2D eigenvalue weighted by Crippen LogP contribution is 2.29. The lowest BCUT2D eigenvalue weighted by Crippen LogP contribution is -2.46. The van der Waals surface area contributed by atoms with E-state index in [1.54, 1.807) is 0 Å². The third kappa shape index (κ3) is 1.82. The topological polar surface area (TPSA) is 66.0 Å². The van der Waals surface area contributed by atoms with E-state index < -0.39 is 0 Å². The van der Waals surface area contributed by atoms with Gasteiger partial charge in [0.2, 0.25) is 5.88 Å². The Morgan fingerprint density at radius 2 is 1.83 bits per heavy atom. The van der Waals surface area contributed by atoms with Crippen molar-refractivity contribution in [3.05, 3.63) is 26.4 Å². The Balaban J connectivity index is 2.71. The van der Waals surface area contributed by atoms with Gasteiger partial charge in [0.25, 0.3) is 5.56 Å². The summed E-state index contributed by atoms with van der Waals surface area (Å²) in [6.45, 7) is 7.31. The minimum absolute atomic E-state index is 0.0283. The molecule has 18 heavy (non-hydrogen) atoms. The number of hydrogen-bond acceptors (Lipinski definition) is 3. The Bertz CT molecular complexity index is 661. The molecule has 1 aromatic rings. The van der Waals surface area contributed by atoms with Crippen molar-refractivity contribution in [3.8, 4) is 11.9 Å². The molecule has 0 atom stereocenters. The number of rotatable bonds is 1. The zero-order valence-corrected chi connectivity index (χ0v) is 10.3. The second kappa shape index (κ2) is 4.69. The van der Waals surface area contributed by atoms with Crippen LogP contribution in [0.5, 0.6) is 5.88 Å². The fraction of sp³-hybridized carbons (Fsp3) is 0.429. The maximum absolute atomic E-state index is 12.2. The van der Waals surface area contributed by atoms with Crippen LogP contribution in [0, 0.1) is 11.3 Å². The van der Waals surface area contributed by atoms with Gasteiger partial charge in [0.1, 0.15) is 11.6 Å². The number of pyridine rings is 1. The van der Waals surface area contributed by atoms with Gasteiger partial charge in [-0.05, 0) is 12.8 Å². The molecule has 4 heteroatoms. The molecule has 2 rings (SSSR count). The normalized spacial score (nSPS) is 16.4. The minimum Gasteiger partial charge on any atom is -0.493 e. The van der Waals surface area contributed by atoms with E-state index in [0.29, 0.717) is 0 Å². The van der Waals surface area contributed by atoms with Gasteiger partial charge in [0.15, 0.2) is 0 Å². The predicted molar refractivity (Wildman–Crippen MR) is 69.5 cm³/mol. The highest BCUT2D eigenvalue weighted by molar-refractivity contribution is 5.41. The third-order valence-corrected chi connectivity index (χ3v) is 3.65. The van der Waals surface area contributed by atoms with E-state index in [0.717, 1.165) is 32.1 Å². The number of nitriles is 1. The van der Waals surface area contributed by atoms with Crippen LogP contribution >= 0.6 is 0 Å². The Hall–Kier alpha value is -2.02. The molecule has 0 radical (unpaired) electrons. The van der Waals surface area contributed by atoms with E-state index in [9.17, 15) is 9.90 Å². The summed E-state index contributed by atoms with van der Waals surface area (Å²) in [6.07, 6.45) is 4.94. The SMILES string of the molecule is C=c1c(C#N)c(O)n(C2CCCCC2)c(=O)c1=C. The quantitative estimate of drug-likeness (QED) is 0.792. The van der Waals surface area contributed by atoms with Crippen molar-refractivity contribution in [1.82, 2.24) is 4.57 Å². The second-order valence-electron chi connectivity index (χ2n) is 4.73. The lowest BCUT2D eigenvalue weighted by molar-refractivity contribution is 0.302. The first-order chi connectivity index (χ1) is 8.57. The van der Waals surface area contributed by atoms with Crippen LogP contribution in [0.2, 0.25) is 0 Å². The first kappa shape index (κ1) is 12.4. The van der Waals surface area contributed by atoms with Gasteiger partial charge in [-0.25, -0.2) is 0 Å². The Labute approximate surface area is 105 Å². The van der Waals surface area contributed by atoms with Crippen LogP contribution in [0.25, 0.3) is 13.2 Å². The molecule has 0 spiro atoms. The zero-order chi connectivity index (χ0) is 13.3. The first-order valence-electron chi connectivity index (χ1n) is 6.13. The van der Waals surface area contributed by atoms with Crippen molar-refractivity contribution in [2.45, 2.75) is 38.1 Å². The van der Waals surface area contributed by atoms with E-state index in [4.69, 9.17) is 5.26 Å². The van der Waals surface area contributed by atoms with Crippen LogP contribution in [0.15, 0.2) is 4.79 Å². The second-order valence-corrected chi connectivity index (χ2v) is 4.73. The molecule has 0 saturated heterocycles. The molecule has 0 unspecified atom stereocenters. The molecule has 0 bridgehead atoms. The van der Waals surface area contributed by atoms with Crippen molar-refractivity contribution in [3.63, 3.8) is 0 Å². The summed E-state index contributed by atoms with van der Waals surface area (Å²) in [5, 5.41) is 19.6. The number of aromatic hydroxyl groups is 1. The first-order valence-corrected chi connectivity index (χ1v) is 6.13. The Morgan fingerprint density at radius 1 is 1.22 bits per heavy atom. The molecule has 1 aliphatic rings. The summed E-state index contributed by atoms with van der Waals surface area (Å²) in [4.78, 5) is 12.2. The van der Waals surface area contributed by atoms with Crippen LogP contribution in [-0.4, -0.2) is 9.67 Å².